The molecule has 0 aliphatic carbocycles. The Morgan fingerprint density at radius 1 is 1.21 bits per heavy atom. The van der Waals surface area contributed by atoms with E-state index >= 15 is 0 Å². The molecule has 0 saturated carbocycles. The van der Waals surface area contributed by atoms with E-state index < -0.39 is 0 Å². The average Bonchev–Trinajstić information content (AvgIpc) is 2.23. The van der Waals surface area contributed by atoms with Crippen LogP contribution >= 0.6 is 12.6 Å². The van der Waals surface area contributed by atoms with E-state index in [1.807, 2.05) is 37.3 Å². The molecular formula is C12H10OS. The van der Waals surface area contributed by atoms with Crippen LogP contribution in [0.25, 0.3) is 10.8 Å². The first-order valence-corrected chi connectivity index (χ1v) is 4.84. The van der Waals surface area contributed by atoms with Crippen molar-refractivity contribution < 1.29 is 4.79 Å². The molecular weight excluding hydrogens is 192 g/mol. The van der Waals surface area contributed by atoms with Crippen LogP contribution in [-0.4, -0.2) is 6.29 Å². The van der Waals surface area contributed by atoms with Gasteiger partial charge < -0.3 is 0 Å². The van der Waals surface area contributed by atoms with Gasteiger partial charge in [0.05, 0.1) is 0 Å². The molecule has 0 atom stereocenters. The van der Waals surface area contributed by atoms with Crippen LogP contribution in [0.15, 0.2) is 35.2 Å². The average molecular weight is 202 g/mol. The Balaban J connectivity index is 2.81. The molecule has 14 heavy (non-hydrogen) atoms. The second kappa shape index (κ2) is 3.46. The van der Waals surface area contributed by atoms with Crippen molar-refractivity contribution in [3.05, 3.63) is 41.5 Å². The summed E-state index contributed by atoms with van der Waals surface area (Å²) in [4.78, 5) is 11.6. The van der Waals surface area contributed by atoms with Crippen molar-refractivity contribution in [2.45, 2.75) is 11.8 Å². The fourth-order valence-corrected chi connectivity index (χ4v) is 1.79. The van der Waals surface area contributed by atoms with Crippen LogP contribution in [0.2, 0.25) is 0 Å². The third kappa shape index (κ3) is 1.42. The van der Waals surface area contributed by atoms with Gasteiger partial charge in [0.2, 0.25) is 0 Å². The van der Waals surface area contributed by atoms with Crippen molar-refractivity contribution in [2.24, 2.45) is 0 Å². The second-order valence-electron chi connectivity index (χ2n) is 3.33. The van der Waals surface area contributed by atoms with Gasteiger partial charge in [-0.3, -0.25) is 4.79 Å². The minimum atomic E-state index is 0.703. The minimum Gasteiger partial charge on any atom is -0.298 e. The van der Waals surface area contributed by atoms with Gasteiger partial charge in [0.15, 0.2) is 0 Å². The lowest BCUT2D eigenvalue weighted by atomic mass is 10.1. The normalized spacial score (nSPS) is 10.4. The first-order valence-electron chi connectivity index (χ1n) is 4.40. The number of thiol groups is 1. The molecule has 0 amide bonds. The zero-order valence-electron chi connectivity index (χ0n) is 7.82. The largest absolute Gasteiger partial charge is 0.298 e. The Kier molecular flexibility index (Phi) is 2.30. The van der Waals surface area contributed by atoms with Gasteiger partial charge in [-0.15, -0.1) is 12.6 Å². The van der Waals surface area contributed by atoms with Gasteiger partial charge >= 0.3 is 0 Å². The van der Waals surface area contributed by atoms with Crippen LogP contribution in [0.3, 0.4) is 0 Å². The molecule has 0 saturated heterocycles. The highest BCUT2D eigenvalue weighted by molar-refractivity contribution is 7.80. The predicted octanol–water partition coefficient (Wildman–Crippen LogP) is 3.25. The van der Waals surface area contributed by atoms with Gasteiger partial charge in [-0.25, -0.2) is 0 Å². The standard InChI is InChI=1S/C12H10OS/c1-8-2-4-10-6-9(7-13)3-5-11(10)12(8)14/h2-7,14H,1H3. The first-order chi connectivity index (χ1) is 6.72. The van der Waals surface area contributed by atoms with Crippen LogP contribution in [-0.2, 0) is 0 Å². The number of carbonyl (C=O) groups excluding carboxylic acids is 1. The summed E-state index contributed by atoms with van der Waals surface area (Å²) in [6, 6.07) is 9.65. The summed E-state index contributed by atoms with van der Waals surface area (Å²) >= 11 is 4.44. The van der Waals surface area contributed by atoms with Gasteiger partial charge in [-0.2, -0.15) is 0 Å². The SMILES string of the molecule is Cc1ccc2cc(C=O)ccc2c1S. The highest BCUT2D eigenvalue weighted by Crippen LogP contribution is 2.25. The first kappa shape index (κ1) is 9.28. The Hall–Kier alpha value is -1.28. The highest BCUT2D eigenvalue weighted by Gasteiger charge is 2.01. The molecule has 1 nitrogen and oxygen atoms in total. The maximum atomic E-state index is 10.6. The lowest BCUT2D eigenvalue weighted by Crippen LogP contribution is -1.83. The van der Waals surface area contributed by atoms with E-state index in [2.05, 4.69) is 12.6 Å². The van der Waals surface area contributed by atoms with Crippen molar-refractivity contribution in [2.75, 3.05) is 0 Å². The van der Waals surface area contributed by atoms with Crippen LogP contribution in [0.1, 0.15) is 15.9 Å². The third-order valence-corrected chi connectivity index (χ3v) is 2.95. The van der Waals surface area contributed by atoms with Crippen molar-refractivity contribution in [1.29, 1.82) is 0 Å². The number of carbonyl (C=O) groups is 1. The number of aldehydes is 1. The van der Waals surface area contributed by atoms with Gasteiger partial charge in [-0.05, 0) is 29.3 Å². The molecule has 0 aliphatic heterocycles. The van der Waals surface area contributed by atoms with Gasteiger partial charge in [0.1, 0.15) is 6.29 Å². The number of aryl methyl sites for hydroxylation is 1. The molecule has 0 spiro atoms. The maximum absolute atomic E-state index is 10.6. The Morgan fingerprint density at radius 3 is 2.71 bits per heavy atom. The summed E-state index contributed by atoms with van der Waals surface area (Å²) in [5, 5.41) is 2.16. The highest BCUT2D eigenvalue weighted by atomic mass is 32.1. The van der Waals surface area contributed by atoms with Crippen molar-refractivity contribution in [3.8, 4) is 0 Å². The Morgan fingerprint density at radius 2 is 2.00 bits per heavy atom. The van der Waals surface area contributed by atoms with Crippen LogP contribution in [0.5, 0.6) is 0 Å². The zero-order chi connectivity index (χ0) is 10.1. The molecule has 0 aliphatic rings. The number of rotatable bonds is 1. The summed E-state index contributed by atoms with van der Waals surface area (Å²) in [7, 11) is 0. The van der Waals surface area contributed by atoms with Crippen molar-refractivity contribution in [1.82, 2.24) is 0 Å². The number of hydrogen-bond acceptors (Lipinski definition) is 2. The molecule has 0 unspecified atom stereocenters. The predicted molar refractivity (Wildman–Crippen MR) is 61.3 cm³/mol. The minimum absolute atomic E-state index is 0.703. The number of hydrogen-bond donors (Lipinski definition) is 1. The van der Waals surface area contributed by atoms with E-state index in [0.29, 0.717) is 5.56 Å². The van der Waals surface area contributed by atoms with Gasteiger partial charge in [0.25, 0.3) is 0 Å². The zero-order valence-corrected chi connectivity index (χ0v) is 8.71. The Labute approximate surface area is 88.2 Å². The summed E-state index contributed by atoms with van der Waals surface area (Å²) in [6.45, 7) is 2.02. The summed E-state index contributed by atoms with van der Waals surface area (Å²) in [5.74, 6) is 0. The Bertz CT molecular complexity index is 503. The van der Waals surface area contributed by atoms with Crippen molar-refractivity contribution >= 4 is 29.7 Å². The fourth-order valence-electron chi connectivity index (χ4n) is 1.51. The molecule has 2 aromatic rings. The van der Waals surface area contributed by atoms with Gasteiger partial charge in [0, 0.05) is 10.5 Å². The van der Waals surface area contributed by atoms with E-state index in [0.717, 1.165) is 27.5 Å². The molecule has 0 heterocycles. The van der Waals surface area contributed by atoms with E-state index in [1.165, 1.54) is 0 Å². The molecule has 70 valence electrons. The maximum Gasteiger partial charge on any atom is 0.150 e. The van der Waals surface area contributed by atoms with Crippen LogP contribution in [0.4, 0.5) is 0 Å². The molecule has 0 bridgehead atoms. The third-order valence-electron chi connectivity index (χ3n) is 2.35. The number of fused-ring (bicyclic) bond motifs is 1. The lowest BCUT2D eigenvalue weighted by Gasteiger charge is -2.04. The monoisotopic (exact) mass is 202 g/mol. The van der Waals surface area contributed by atoms with Gasteiger partial charge in [-0.1, -0.05) is 24.3 Å². The topological polar surface area (TPSA) is 17.1 Å². The molecule has 2 heteroatoms. The summed E-state index contributed by atoms with van der Waals surface area (Å²) < 4.78 is 0. The van der Waals surface area contributed by atoms with E-state index in [1.54, 1.807) is 0 Å². The van der Waals surface area contributed by atoms with Crippen LogP contribution in [0, 0.1) is 6.92 Å². The van der Waals surface area contributed by atoms with Crippen LogP contribution < -0.4 is 0 Å². The van der Waals surface area contributed by atoms with Crippen molar-refractivity contribution in [3.63, 3.8) is 0 Å². The second-order valence-corrected chi connectivity index (χ2v) is 3.78. The molecule has 2 rings (SSSR count). The molecule has 0 aromatic heterocycles. The van der Waals surface area contributed by atoms with E-state index in [4.69, 9.17) is 0 Å². The quantitative estimate of drug-likeness (QED) is 0.555. The van der Waals surface area contributed by atoms with E-state index in [-0.39, 0.29) is 0 Å². The molecule has 0 fully saturated rings. The molecule has 0 radical (unpaired) electrons. The summed E-state index contributed by atoms with van der Waals surface area (Å²) in [5.41, 5.74) is 1.86. The summed E-state index contributed by atoms with van der Waals surface area (Å²) in [6.07, 6.45) is 0.859. The fraction of sp³-hybridized carbons (Fsp3) is 0.0833. The lowest BCUT2D eigenvalue weighted by molar-refractivity contribution is 0.112. The molecule has 2 aromatic carbocycles. The molecule has 0 N–H and O–H groups in total. The number of benzene rings is 2. The van der Waals surface area contributed by atoms with E-state index in [9.17, 15) is 4.79 Å². The smallest absolute Gasteiger partial charge is 0.150 e.